The van der Waals surface area contributed by atoms with Crippen LogP contribution in [0.15, 0.2) is 24.5 Å². The molecule has 0 spiro atoms. The Kier molecular flexibility index (Phi) is 1.10. The molecule has 2 heterocycles. The maximum Gasteiger partial charge on any atom is 0.161 e. The van der Waals surface area contributed by atoms with Crippen LogP contribution in [0.25, 0.3) is 5.65 Å². The van der Waals surface area contributed by atoms with Gasteiger partial charge in [-0.15, -0.1) is 0 Å². The molecule has 0 saturated carbocycles. The van der Waals surface area contributed by atoms with Gasteiger partial charge in [-0.2, -0.15) is 10.4 Å². The second-order valence-electron chi connectivity index (χ2n) is 2.06. The zero-order valence-corrected chi connectivity index (χ0v) is 5.60. The number of fused-ring (bicyclic) bond motifs is 1. The number of hydrogen-bond acceptors (Lipinski definition) is 3. The number of hydrogen-bond donors (Lipinski definition) is 0. The van der Waals surface area contributed by atoms with Crippen LogP contribution in [0.3, 0.4) is 0 Å². The molecule has 0 unspecified atom stereocenters. The molecular weight excluding hydrogens is 140 g/mol. The van der Waals surface area contributed by atoms with Gasteiger partial charge in [-0.05, 0) is 12.1 Å². The first-order chi connectivity index (χ1) is 5.40. The highest BCUT2D eigenvalue weighted by atomic mass is 15.2. The van der Waals surface area contributed by atoms with Gasteiger partial charge in [0, 0.05) is 12.4 Å². The van der Waals surface area contributed by atoms with E-state index < -0.39 is 0 Å². The Bertz CT molecular complexity index is 423. The van der Waals surface area contributed by atoms with Crippen molar-refractivity contribution in [2.24, 2.45) is 0 Å². The SMILES string of the molecule is N#Cc1ccc2nccn2n1. The standard InChI is InChI=1S/C7H4N4/c8-5-6-1-2-7-9-3-4-11(7)10-6/h1-4H. The summed E-state index contributed by atoms with van der Waals surface area (Å²) in [5.74, 6) is 0. The maximum atomic E-state index is 8.49. The summed E-state index contributed by atoms with van der Waals surface area (Å²) in [6.07, 6.45) is 3.35. The van der Waals surface area contributed by atoms with E-state index in [0.717, 1.165) is 5.65 Å². The first-order valence-corrected chi connectivity index (χ1v) is 3.10. The molecule has 2 aromatic heterocycles. The van der Waals surface area contributed by atoms with Crippen molar-refractivity contribution in [1.82, 2.24) is 14.6 Å². The zero-order valence-electron chi connectivity index (χ0n) is 5.60. The van der Waals surface area contributed by atoms with Gasteiger partial charge >= 0.3 is 0 Å². The van der Waals surface area contributed by atoms with E-state index in [0.29, 0.717) is 5.69 Å². The average molecular weight is 144 g/mol. The topological polar surface area (TPSA) is 54.0 Å². The normalized spacial score (nSPS) is 9.73. The van der Waals surface area contributed by atoms with E-state index in [2.05, 4.69) is 10.1 Å². The van der Waals surface area contributed by atoms with E-state index in [9.17, 15) is 0 Å². The Labute approximate surface area is 62.7 Å². The molecule has 2 rings (SSSR count). The summed E-state index contributed by atoms with van der Waals surface area (Å²) in [5, 5.41) is 12.4. The lowest BCUT2D eigenvalue weighted by Gasteiger charge is -1.89. The molecule has 0 aromatic carbocycles. The van der Waals surface area contributed by atoms with Crippen molar-refractivity contribution in [3.63, 3.8) is 0 Å². The Morgan fingerprint density at radius 1 is 1.45 bits per heavy atom. The van der Waals surface area contributed by atoms with Gasteiger partial charge in [0.2, 0.25) is 0 Å². The smallest absolute Gasteiger partial charge is 0.161 e. The Balaban J connectivity index is 2.79. The van der Waals surface area contributed by atoms with Gasteiger partial charge in [0.1, 0.15) is 6.07 Å². The molecule has 0 amide bonds. The van der Waals surface area contributed by atoms with Gasteiger partial charge in [-0.1, -0.05) is 0 Å². The predicted octanol–water partition coefficient (Wildman–Crippen LogP) is 0.601. The molecule has 0 N–H and O–H groups in total. The van der Waals surface area contributed by atoms with Crippen LogP contribution >= 0.6 is 0 Å². The predicted molar refractivity (Wildman–Crippen MR) is 37.7 cm³/mol. The molecule has 0 bridgehead atoms. The fourth-order valence-corrected chi connectivity index (χ4v) is 0.875. The third-order valence-corrected chi connectivity index (χ3v) is 1.37. The van der Waals surface area contributed by atoms with E-state index in [1.54, 1.807) is 29.0 Å². The van der Waals surface area contributed by atoms with E-state index in [-0.39, 0.29) is 0 Å². The van der Waals surface area contributed by atoms with Crippen molar-refractivity contribution in [2.75, 3.05) is 0 Å². The third kappa shape index (κ3) is 0.829. The van der Waals surface area contributed by atoms with Crippen LogP contribution in [-0.2, 0) is 0 Å². The summed E-state index contributed by atoms with van der Waals surface area (Å²) in [6.45, 7) is 0. The molecule has 0 atom stereocenters. The van der Waals surface area contributed by atoms with Gasteiger partial charge in [0.15, 0.2) is 11.3 Å². The lowest BCUT2D eigenvalue weighted by Crippen LogP contribution is -1.92. The number of nitriles is 1. The van der Waals surface area contributed by atoms with Gasteiger partial charge in [-0.25, -0.2) is 9.50 Å². The molecule has 0 aliphatic heterocycles. The van der Waals surface area contributed by atoms with Crippen LogP contribution in [0.4, 0.5) is 0 Å². The molecular formula is C7H4N4. The van der Waals surface area contributed by atoms with Gasteiger partial charge < -0.3 is 0 Å². The monoisotopic (exact) mass is 144 g/mol. The van der Waals surface area contributed by atoms with Crippen molar-refractivity contribution >= 4 is 5.65 Å². The Hall–Kier alpha value is -1.89. The summed E-state index contributed by atoms with van der Waals surface area (Å²) in [4.78, 5) is 3.99. The number of imidazole rings is 1. The van der Waals surface area contributed by atoms with Gasteiger partial charge in [0.25, 0.3) is 0 Å². The lowest BCUT2D eigenvalue weighted by atomic mass is 10.4. The van der Waals surface area contributed by atoms with Crippen LogP contribution < -0.4 is 0 Å². The Morgan fingerprint density at radius 3 is 3.18 bits per heavy atom. The fraction of sp³-hybridized carbons (Fsp3) is 0. The second-order valence-corrected chi connectivity index (χ2v) is 2.06. The molecule has 0 aliphatic rings. The molecule has 0 saturated heterocycles. The van der Waals surface area contributed by atoms with Crippen molar-refractivity contribution in [1.29, 1.82) is 5.26 Å². The third-order valence-electron chi connectivity index (χ3n) is 1.37. The van der Waals surface area contributed by atoms with Crippen LogP contribution in [0.1, 0.15) is 5.69 Å². The molecule has 0 aliphatic carbocycles. The minimum atomic E-state index is 0.399. The zero-order chi connectivity index (χ0) is 7.68. The average Bonchev–Trinajstić information content (AvgIpc) is 2.50. The van der Waals surface area contributed by atoms with E-state index >= 15 is 0 Å². The lowest BCUT2D eigenvalue weighted by molar-refractivity contribution is 0.921. The minimum absolute atomic E-state index is 0.399. The molecule has 0 fully saturated rings. The number of aromatic nitrogens is 3. The molecule has 2 aromatic rings. The van der Waals surface area contributed by atoms with Gasteiger partial charge in [-0.3, -0.25) is 0 Å². The Morgan fingerprint density at radius 2 is 2.36 bits per heavy atom. The van der Waals surface area contributed by atoms with Crippen LogP contribution in [0.5, 0.6) is 0 Å². The molecule has 52 valence electrons. The highest BCUT2D eigenvalue weighted by molar-refractivity contribution is 5.38. The largest absolute Gasteiger partial charge is 0.236 e. The molecule has 4 heteroatoms. The van der Waals surface area contributed by atoms with Crippen molar-refractivity contribution in [2.45, 2.75) is 0 Å². The van der Waals surface area contributed by atoms with Crippen molar-refractivity contribution in [3.8, 4) is 6.07 Å². The first-order valence-electron chi connectivity index (χ1n) is 3.10. The van der Waals surface area contributed by atoms with E-state index in [1.165, 1.54) is 0 Å². The van der Waals surface area contributed by atoms with E-state index in [4.69, 9.17) is 5.26 Å². The van der Waals surface area contributed by atoms with Crippen LogP contribution in [-0.4, -0.2) is 14.6 Å². The highest BCUT2D eigenvalue weighted by Gasteiger charge is 1.94. The van der Waals surface area contributed by atoms with Crippen LogP contribution in [0.2, 0.25) is 0 Å². The fourth-order valence-electron chi connectivity index (χ4n) is 0.875. The summed E-state index contributed by atoms with van der Waals surface area (Å²) >= 11 is 0. The van der Waals surface area contributed by atoms with E-state index in [1.807, 2.05) is 6.07 Å². The molecule has 4 nitrogen and oxygen atoms in total. The summed E-state index contributed by atoms with van der Waals surface area (Å²) < 4.78 is 1.57. The van der Waals surface area contributed by atoms with Crippen molar-refractivity contribution in [3.05, 3.63) is 30.2 Å². The first kappa shape index (κ1) is 5.86. The highest BCUT2D eigenvalue weighted by Crippen LogP contribution is 1.98. The van der Waals surface area contributed by atoms with Crippen molar-refractivity contribution < 1.29 is 0 Å². The summed E-state index contributed by atoms with van der Waals surface area (Å²) in [7, 11) is 0. The van der Waals surface area contributed by atoms with Crippen LogP contribution in [0, 0.1) is 11.3 Å². The summed E-state index contributed by atoms with van der Waals surface area (Å²) in [6, 6.07) is 5.35. The minimum Gasteiger partial charge on any atom is -0.236 e. The summed E-state index contributed by atoms with van der Waals surface area (Å²) in [5.41, 5.74) is 1.15. The number of rotatable bonds is 0. The second kappa shape index (κ2) is 2.06. The van der Waals surface area contributed by atoms with Gasteiger partial charge in [0.05, 0.1) is 0 Å². The maximum absolute atomic E-state index is 8.49. The quantitative estimate of drug-likeness (QED) is 0.544. The number of nitrogens with zero attached hydrogens (tertiary/aromatic N) is 4. The molecule has 11 heavy (non-hydrogen) atoms. The molecule has 0 radical (unpaired) electrons.